The zero-order valence-corrected chi connectivity index (χ0v) is 30.4. The fraction of sp³-hybridized carbons (Fsp3) is 0. The molecule has 12 aromatic rings. The van der Waals surface area contributed by atoms with E-state index in [0.29, 0.717) is 17.5 Å². The molecule has 57 heavy (non-hydrogen) atoms. The lowest BCUT2D eigenvalue weighted by Crippen LogP contribution is -2.00. The Kier molecular flexibility index (Phi) is 6.83. The molecule has 0 fully saturated rings. The highest BCUT2D eigenvalue weighted by atomic mass is 16.3. The van der Waals surface area contributed by atoms with Crippen LogP contribution in [0.2, 0.25) is 0 Å². The number of aromatic nitrogens is 4. The van der Waals surface area contributed by atoms with Gasteiger partial charge in [-0.1, -0.05) is 127 Å². The first-order valence-corrected chi connectivity index (χ1v) is 19.0. The van der Waals surface area contributed by atoms with Crippen molar-refractivity contribution in [3.63, 3.8) is 0 Å². The topological polar surface area (TPSA) is 69.9 Å². The van der Waals surface area contributed by atoms with Crippen molar-refractivity contribution in [1.82, 2.24) is 19.5 Å². The predicted octanol–water partition coefficient (Wildman–Crippen LogP) is 13.4. The third-order valence-corrected chi connectivity index (χ3v) is 11.1. The molecule has 0 aliphatic carbocycles. The van der Waals surface area contributed by atoms with Gasteiger partial charge in [0.25, 0.3) is 0 Å². The third-order valence-electron chi connectivity index (χ3n) is 11.1. The lowest BCUT2D eigenvalue weighted by molar-refractivity contribution is 0.666. The van der Waals surface area contributed by atoms with Crippen molar-refractivity contribution >= 4 is 65.7 Å². The lowest BCUT2D eigenvalue weighted by atomic mass is 10.0. The van der Waals surface area contributed by atoms with E-state index in [1.807, 2.05) is 66.7 Å². The van der Waals surface area contributed by atoms with Gasteiger partial charge >= 0.3 is 0 Å². The van der Waals surface area contributed by atoms with Crippen molar-refractivity contribution in [2.45, 2.75) is 0 Å². The molecule has 4 heterocycles. The lowest BCUT2D eigenvalue weighted by Gasteiger charge is -2.10. The molecule has 4 aromatic heterocycles. The minimum Gasteiger partial charge on any atom is -0.456 e. The Balaban J connectivity index is 1.06. The Hall–Kier alpha value is -7.83. The van der Waals surface area contributed by atoms with E-state index in [1.54, 1.807) is 0 Å². The molecular formula is C51H30N4O2. The minimum atomic E-state index is 0.588. The number of fused-ring (bicyclic) bond motifs is 9. The van der Waals surface area contributed by atoms with E-state index < -0.39 is 0 Å². The van der Waals surface area contributed by atoms with Gasteiger partial charge in [0.2, 0.25) is 0 Å². The summed E-state index contributed by atoms with van der Waals surface area (Å²) in [6.45, 7) is 0. The Bertz CT molecular complexity index is 3530. The molecule has 8 aromatic carbocycles. The van der Waals surface area contributed by atoms with Crippen LogP contribution >= 0.6 is 0 Å². The van der Waals surface area contributed by atoms with Gasteiger partial charge in [0.05, 0.1) is 16.7 Å². The molecular weight excluding hydrogens is 701 g/mol. The maximum atomic E-state index is 6.70. The fourth-order valence-electron chi connectivity index (χ4n) is 8.44. The molecule has 0 amide bonds. The first kappa shape index (κ1) is 31.5. The average molecular weight is 731 g/mol. The third kappa shape index (κ3) is 4.94. The summed E-state index contributed by atoms with van der Waals surface area (Å²) in [5.41, 5.74) is 11.5. The predicted molar refractivity (Wildman–Crippen MR) is 230 cm³/mol. The summed E-state index contributed by atoms with van der Waals surface area (Å²) < 4.78 is 15.3. The van der Waals surface area contributed by atoms with Crippen LogP contribution in [0.4, 0.5) is 0 Å². The van der Waals surface area contributed by atoms with Crippen molar-refractivity contribution in [2.24, 2.45) is 0 Å². The molecule has 0 saturated carbocycles. The highest BCUT2D eigenvalue weighted by Crippen LogP contribution is 2.41. The quantitative estimate of drug-likeness (QED) is 0.176. The molecule has 0 aliphatic rings. The van der Waals surface area contributed by atoms with Crippen LogP contribution in [0.3, 0.4) is 0 Å². The van der Waals surface area contributed by atoms with Crippen LogP contribution in [-0.2, 0) is 0 Å². The van der Waals surface area contributed by atoms with Crippen LogP contribution in [-0.4, -0.2) is 19.5 Å². The first-order chi connectivity index (χ1) is 28.2. The van der Waals surface area contributed by atoms with Gasteiger partial charge in [-0.2, -0.15) is 0 Å². The molecule has 12 rings (SSSR count). The maximum absolute atomic E-state index is 6.70. The zero-order valence-electron chi connectivity index (χ0n) is 30.4. The molecule has 0 unspecified atom stereocenters. The van der Waals surface area contributed by atoms with E-state index in [1.165, 1.54) is 5.56 Å². The molecule has 6 nitrogen and oxygen atoms in total. The van der Waals surface area contributed by atoms with Crippen LogP contribution in [0.25, 0.3) is 117 Å². The molecule has 0 atom stereocenters. The van der Waals surface area contributed by atoms with E-state index in [0.717, 1.165) is 93.6 Å². The molecule has 0 aliphatic heterocycles. The SMILES string of the molecule is c1ccc(-c2ccc3oc4c(-n5c6ccccc6c6cc(-c7nc(-c8ccccc8)nc(-c8cccc9oc%10ccccc%10c89)n7)ccc65)cccc4c3c2)cc1. The Labute approximate surface area is 325 Å². The standard InChI is InChI=1S/C51H30N4O2/c1-3-13-31(14-4-1)33-26-28-45-40(29-33)36-19-11-22-43(48(36)57-45)55-41-21-9-7-17-35(41)39-30-34(25-27-42(39)55)50-52-49(32-15-5-2-6-16-32)53-51(54-50)38-20-12-24-46-47(38)37-18-8-10-23-44(37)56-46/h1-30H. The van der Waals surface area contributed by atoms with Crippen molar-refractivity contribution in [2.75, 3.05) is 0 Å². The minimum absolute atomic E-state index is 0.588. The number of benzene rings is 8. The summed E-state index contributed by atoms with van der Waals surface area (Å²) in [6, 6.07) is 62.7. The second-order valence-corrected chi connectivity index (χ2v) is 14.4. The number of rotatable bonds is 5. The summed E-state index contributed by atoms with van der Waals surface area (Å²) in [5.74, 6) is 1.79. The summed E-state index contributed by atoms with van der Waals surface area (Å²) in [6.07, 6.45) is 0. The Morgan fingerprint density at radius 3 is 1.82 bits per heavy atom. The van der Waals surface area contributed by atoms with E-state index >= 15 is 0 Å². The largest absolute Gasteiger partial charge is 0.456 e. The Morgan fingerprint density at radius 2 is 0.965 bits per heavy atom. The zero-order chi connectivity index (χ0) is 37.5. The molecule has 0 saturated heterocycles. The van der Waals surface area contributed by atoms with Crippen LogP contribution in [0, 0.1) is 0 Å². The summed E-state index contributed by atoms with van der Waals surface area (Å²) in [4.78, 5) is 15.4. The van der Waals surface area contributed by atoms with Crippen LogP contribution < -0.4 is 0 Å². The second-order valence-electron chi connectivity index (χ2n) is 14.4. The van der Waals surface area contributed by atoms with Gasteiger partial charge in [-0.25, -0.2) is 15.0 Å². The fourth-order valence-corrected chi connectivity index (χ4v) is 8.44. The van der Waals surface area contributed by atoms with Gasteiger partial charge in [-0.3, -0.25) is 0 Å². The van der Waals surface area contributed by atoms with Crippen molar-refractivity contribution in [3.8, 4) is 51.0 Å². The number of nitrogens with zero attached hydrogens (tertiary/aromatic N) is 4. The van der Waals surface area contributed by atoms with Gasteiger partial charge in [-0.15, -0.1) is 0 Å². The molecule has 6 heteroatoms. The van der Waals surface area contributed by atoms with E-state index in [-0.39, 0.29) is 0 Å². The maximum Gasteiger partial charge on any atom is 0.164 e. The van der Waals surface area contributed by atoms with Crippen molar-refractivity contribution < 1.29 is 8.83 Å². The number of furan rings is 2. The number of hydrogen-bond acceptors (Lipinski definition) is 5. The van der Waals surface area contributed by atoms with Gasteiger partial charge in [0.15, 0.2) is 23.1 Å². The van der Waals surface area contributed by atoms with Crippen molar-refractivity contribution in [1.29, 1.82) is 0 Å². The highest BCUT2D eigenvalue weighted by molar-refractivity contribution is 6.14. The van der Waals surface area contributed by atoms with Crippen LogP contribution in [0.1, 0.15) is 0 Å². The summed E-state index contributed by atoms with van der Waals surface area (Å²) in [5, 5.41) is 6.40. The highest BCUT2D eigenvalue weighted by Gasteiger charge is 2.21. The molecule has 0 radical (unpaired) electrons. The van der Waals surface area contributed by atoms with E-state index in [2.05, 4.69) is 120 Å². The normalized spacial score (nSPS) is 11.9. The molecule has 266 valence electrons. The summed E-state index contributed by atoms with van der Waals surface area (Å²) >= 11 is 0. The molecule has 0 spiro atoms. The van der Waals surface area contributed by atoms with Crippen LogP contribution in [0.15, 0.2) is 191 Å². The number of para-hydroxylation sites is 3. The van der Waals surface area contributed by atoms with Crippen LogP contribution in [0.5, 0.6) is 0 Å². The average Bonchev–Trinajstić information content (AvgIpc) is 3.96. The number of hydrogen-bond donors (Lipinski definition) is 0. The van der Waals surface area contributed by atoms with E-state index in [9.17, 15) is 0 Å². The van der Waals surface area contributed by atoms with E-state index in [4.69, 9.17) is 23.8 Å². The molecule has 0 bridgehead atoms. The van der Waals surface area contributed by atoms with Gasteiger partial charge < -0.3 is 13.4 Å². The monoisotopic (exact) mass is 730 g/mol. The first-order valence-electron chi connectivity index (χ1n) is 19.0. The Morgan fingerprint density at radius 1 is 0.351 bits per heavy atom. The molecule has 0 N–H and O–H groups in total. The smallest absolute Gasteiger partial charge is 0.164 e. The summed E-state index contributed by atoms with van der Waals surface area (Å²) in [7, 11) is 0. The van der Waals surface area contributed by atoms with Crippen molar-refractivity contribution in [3.05, 3.63) is 182 Å². The van der Waals surface area contributed by atoms with Gasteiger partial charge in [0.1, 0.15) is 16.7 Å². The van der Waals surface area contributed by atoms with Gasteiger partial charge in [-0.05, 0) is 65.7 Å². The van der Waals surface area contributed by atoms with Gasteiger partial charge in [0, 0.05) is 49.0 Å². The second kappa shape index (κ2) is 12.3.